The molecule has 0 fully saturated rings. The Hall–Kier alpha value is -1.38. The first-order valence-corrected chi connectivity index (χ1v) is 4.16. The van der Waals surface area contributed by atoms with Crippen molar-refractivity contribution in [3.63, 3.8) is 0 Å². The summed E-state index contributed by atoms with van der Waals surface area (Å²) >= 11 is 0. The number of pyridine rings is 1. The Balaban J connectivity index is 2.83. The van der Waals surface area contributed by atoms with Gasteiger partial charge in [0, 0.05) is 11.1 Å². The van der Waals surface area contributed by atoms with E-state index in [4.69, 9.17) is 0 Å². The number of aryl methyl sites for hydroxylation is 2. The summed E-state index contributed by atoms with van der Waals surface area (Å²) in [5, 5.41) is 0. The molecule has 3 heteroatoms. The van der Waals surface area contributed by atoms with E-state index in [9.17, 15) is 4.79 Å². The third-order valence-corrected chi connectivity index (χ3v) is 1.73. The molecule has 0 atom stereocenters. The first-order chi connectivity index (χ1) is 6.11. The molecule has 0 spiro atoms. The van der Waals surface area contributed by atoms with Crippen molar-refractivity contribution in [3.8, 4) is 0 Å². The van der Waals surface area contributed by atoms with Crippen LogP contribution in [0.25, 0.3) is 0 Å². The van der Waals surface area contributed by atoms with Crippen LogP contribution in [0.2, 0.25) is 0 Å². The summed E-state index contributed by atoms with van der Waals surface area (Å²) in [5.41, 5.74) is 2.29. The van der Waals surface area contributed by atoms with E-state index >= 15 is 0 Å². The summed E-state index contributed by atoms with van der Waals surface area (Å²) in [7, 11) is 1.39. The second-order valence-electron chi connectivity index (χ2n) is 3.14. The molecule has 13 heavy (non-hydrogen) atoms. The number of carbonyl (C=O) groups is 1. The van der Waals surface area contributed by atoms with E-state index in [2.05, 4.69) is 10.8 Å². The van der Waals surface area contributed by atoms with E-state index in [1.807, 2.05) is 30.8 Å². The molecule has 0 aliphatic heterocycles. The van der Waals surface area contributed by atoms with Crippen molar-refractivity contribution < 1.29 is 14.1 Å². The van der Waals surface area contributed by atoms with Crippen LogP contribution in [0.1, 0.15) is 11.1 Å². The second-order valence-corrected chi connectivity index (χ2v) is 3.14. The molecule has 0 aromatic carbocycles. The summed E-state index contributed by atoms with van der Waals surface area (Å²) in [6.07, 6.45) is 3.84. The van der Waals surface area contributed by atoms with Crippen LogP contribution in [0, 0.1) is 13.8 Å². The molecule has 70 valence electrons. The maximum atomic E-state index is 11.0. The number of carbonyl (C=O) groups excluding carboxylic acids is 1. The van der Waals surface area contributed by atoms with Gasteiger partial charge in [-0.3, -0.25) is 0 Å². The minimum Gasteiger partial charge on any atom is -0.464 e. The van der Waals surface area contributed by atoms with Gasteiger partial charge in [0.05, 0.1) is 7.11 Å². The number of hydrogen-bond donors (Lipinski definition) is 0. The molecule has 0 bridgehead atoms. The lowest BCUT2D eigenvalue weighted by atomic mass is 10.2. The van der Waals surface area contributed by atoms with Gasteiger partial charge in [0.2, 0.25) is 6.54 Å². The molecular formula is C10H14NO2+. The van der Waals surface area contributed by atoms with Crippen LogP contribution < -0.4 is 4.57 Å². The minimum atomic E-state index is -0.227. The largest absolute Gasteiger partial charge is 0.464 e. The lowest BCUT2D eigenvalue weighted by molar-refractivity contribution is -0.686. The fourth-order valence-corrected chi connectivity index (χ4v) is 1.30. The lowest BCUT2D eigenvalue weighted by Crippen LogP contribution is -2.38. The van der Waals surface area contributed by atoms with Gasteiger partial charge in [-0.2, -0.15) is 4.57 Å². The van der Waals surface area contributed by atoms with Crippen molar-refractivity contribution in [1.29, 1.82) is 0 Å². The summed E-state index contributed by atoms with van der Waals surface area (Å²) in [6.45, 7) is 4.28. The number of aromatic nitrogens is 1. The number of ether oxygens (including phenoxy) is 1. The highest BCUT2D eigenvalue weighted by atomic mass is 16.5. The van der Waals surface area contributed by atoms with Crippen molar-refractivity contribution in [2.45, 2.75) is 20.4 Å². The fraction of sp³-hybridized carbons (Fsp3) is 0.400. The minimum absolute atomic E-state index is 0.227. The first-order valence-electron chi connectivity index (χ1n) is 4.16. The maximum Gasteiger partial charge on any atom is 0.372 e. The van der Waals surface area contributed by atoms with Gasteiger partial charge in [0.1, 0.15) is 0 Å². The van der Waals surface area contributed by atoms with Crippen LogP contribution in [-0.4, -0.2) is 13.1 Å². The van der Waals surface area contributed by atoms with E-state index in [-0.39, 0.29) is 12.5 Å². The molecular weight excluding hydrogens is 166 g/mol. The van der Waals surface area contributed by atoms with Gasteiger partial charge in [-0.25, -0.2) is 4.79 Å². The Labute approximate surface area is 78.0 Å². The van der Waals surface area contributed by atoms with Gasteiger partial charge in [0.15, 0.2) is 12.4 Å². The molecule has 1 heterocycles. The van der Waals surface area contributed by atoms with Crippen LogP contribution in [0.4, 0.5) is 0 Å². The molecule has 1 aromatic heterocycles. The topological polar surface area (TPSA) is 30.2 Å². The first kappa shape index (κ1) is 9.71. The number of nitrogens with zero attached hydrogens (tertiary/aromatic N) is 1. The van der Waals surface area contributed by atoms with Crippen LogP contribution in [-0.2, 0) is 16.1 Å². The molecule has 1 aromatic rings. The van der Waals surface area contributed by atoms with Crippen LogP contribution in [0.15, 0.2) is 18.5 Å². The molecule has 0 N–H and O–H groups in total. The molecule has 0 aliphatic rings. The third kappa shape index (κ3) is 2.86. The number of rotatable bonds is 2. The predicted molar refractivity (Wildman–Crippen MR) is 48.1 cm³/mol. The van der Waals surface area contributed by atoms with Crippen molar-refractivity contribution >= 4 is 5.97 Å². The Kier molecular flexibility index (Phi) is 3.01. The zero-order valence-corrected chi connectivity index (χ0v) is 8.20. The Morgan fingerprint density at radius 3 is 2.38 bits per heavy atom. The van der Waals surface area contributed by atoms with Crippen molar-refractivity contribution in [2.24, 2.45) is 0 Å². The molecule has 0 saturated carbocycles. The average molecular weight is 180 g/mol. The van der Waals surface area contributed by atoms with E-state index in [0.717, 1.165) is 11.1 Å². The van der Waals surface area contributed by atoms with Gasteiger partial charge >= 0.3 is 5.97 Å². The molecule has 3 nitrogen and oxygen atoms in total. The normalized spacial score (nSPS) is 9.77. The van der Waals surface area contributed by atoms with E-state index < -0.39 is 0 Å². The predicted octanol–water partition coefficient (Wildman–Crippen LogP) is 0.764. The van der Waals surface area contributed by atoms with E-state index in [0.29, 0.717) is 0 Å². The average Bonchev–Trinajstić information content (AvgIpc) is 2.02. The molecule has 0 aliphatic carbocycles. The van der Waals surface area contributed by atoms with Crippen LogP contribution >= 0.6 is 0 Å². The van der Waals surface area contributed by atoms with Crippen LogP contribution in [0.3, 0.4) is 0 Å². The molecule has 0 amide bonds. The summed E-state index contributed by atoms with van der Waals surface area (Å²) in [6, 6.07) is 2.06. The lowest BCUT2D eigenvalue weighted by Gasteiger charge is -1.98. The highest BCUT2D eigenvalue weighted by Crippen LogP contribution is 1.96. The maximum absolute atomic E-state index is 11.0. The van der Waals surface area contributed by atoms with Gasteiger partial charge in [-0.15, -0.1) is 0 Å². The quantitative estimate of drug-likeness (QED) is 0.497. The monoisotopic (exact) mass is 180 g/mol. The number of esters is 1. The highest BCUT2D eigenvalue weighted by molar-refractivity contribution is 5.67. The molecule has 0 saturated heterocycles. The van der Waals surface area contributed by atoms with Gasteiger partial charge < -0.3 is 4.74 Å². The smallest absolute Gasteiger partial charge is 0.372 e. The van der Waals surface area contributed by atoms with Gasteiger partial charge in [0.25, 0.3) is 0 Å². The summed E-state index contributed by atoms with van der Waals surface area (Å²) in [4.78, 5) is 11.0. The zero-order valence-electron chi connectivity index (χ0n) is 8.20. The fourth-order valence-electron chi connectivity index (χ4n) is 1.30. The third-order valence-electron chi connectivity index (χ3n) is 1.73. The Morgan fingerprint density at radius 1 is 1.38 bits per heavy atom. The van der Waals surface area contributed by atoms with Crippen LogP contribution in [0.5, 0.6) is 0 Å². The van der Waals surface area contributed by atoms with Gasteiger partial charge in [-0.1, -0.05) is 0 Å². The molecule has 0 unspecified atom stereocenters. The SMILES string of the molecule is COC(=O)C[n+]1cc(C)cc(C)c1. The van der Waals surface area contributed by atoms with Crippen molar-refractivity contribution in [1.82, 2.24) is 0 Å². The molecule has 0 radical (unpaired) electrons. The summed E-state index contributed by atoms with van der Waals surface area (Å²) in [5.74, 6) is -0.227. The van der Waals surface area contributed by atoms with Crippen molar-refractivity contribution in [2.75, 3.05) is 7.11 Å². The number of hydrogen-bond acceptors (Lipinski definition) is 2. The second kappa shape index (κ2) is 4.03. The standard InChI is InChI=1S/C10H14NO2/c1-8-4-9(2)6-11(5-8)7-10(12)13-3/h4-6H,7H2,1-3H3/q+1. The van der Waals surface area contributed by atoms with E-state index in [1.54, 1.807) is 0 Å². The Morgan fingerprint density at radius 2 is 1.92 bits per heavy atom. The van der Waals surface area contributed by atoms with Crippen molar-refractivity contribution in [3.05, 3.63) is 29.6 Å². The number of methoxy groups -OCH3 is 1. The van der Waals surface area contributed by atoms with E-state index in [1.165, 1.54) is 7.11 Å². The zero-order chi connectivity index (χ0) is 9.84. The molecule has 1 rings (SSSR count). The van der Waals surface area contributed by atoms with Gasteiger partial charge in [-0.05, 0) is 19.9 Å². The Bertz CT molecular complexity index is 300. The highest BCUT2D eigenvalue weighted by Gasteiger charge is 2.09. The summed E-state index contributed by atoms with van der Waals surface area (Å²) < 4.78 is 6.40.